The van der Waals surface area contributed by atoms with Crippen molar-refractivity contribution in [3.8, 4) is 5.69 Å². The molecule has 1 aliphatic rings. The molecule has 1 saturated carbocycles. The lowest BCUT2D eigenvalue weighted by Gasteiger charge is -2.26. The monoisotopic (exact) mass is 560 g/mol. The SMILES string of the molecule is CCc1cccc(-n2nc(C(F)(F)F)cc2C(=O)Nc2cccc(C(NC3CCCCCC3)c3ccccc3)c2)c1. The van der Waals surface area contributed by atoms with Gasteiger partial charge in [0.15, 0.2) is 5.69 Å². The van der Waals surface area contributed by atoms with Crippen LogP contribution in [0.3, 0.4) is 0 Å². The Labute approximate surface area is 238 Å². The number of anilines is 1. The van der Waals surface area contributed by atoms with Gasteiger partial charge in [0.05, 0.1) is 11.7 Å². The van der Waals surface area contributed by atoms with E-state index in [-0.39, 0.29) is 11.7 Å². The van der Waals surface area contributed by atoms with Gasteiger partial charge < -0.3 is 10.6 Å². The van der Waals surface area contributed by atoms with Crippen molar-refractivity contribution in [3.63, 3.8) is 0 Å². The number of aromatic nitrogens is 2. The summed E-state index contributed by atoms with van der Waals surface area (Å²) >= 11 is 0. The number of carbonyl (C=O) groups excluding carboxylic acids is 1. The summed E-state index contributed by atoms with van der Waals surface area (Å²) in [6, 6.07) is 25.8. The lowest BCUT2D eigenvalue weighted by atomic mass is 9.96. The number of hydrogen-bond donors (Lipinski definition) is 2. The molecule has 1 aromatic heterocycles. The third kappa shape index (κ3) is 7.06. The Balaban J connectivity index is 1.45. The van der Waals surface area contributed by atoms with E-state index in [1.54, 1.807) is 24.3 Å². The number of nitrogens with one attached hydrogen (secondary N) is 2. The van der Waals surface area contributed by atoms with Crippen LogP contribution in [0.15, 0.2) is 84.9 Å². The van der Waals surface area contributed by atoms with Crippen LogP contribution in [-0.4, -0.2) is 21.7 Å². The molecule has 0 saturated heterocycles. The first kappa shape index (κ1) is 28.6. The highest BCUT2D eigenvalue weighted by Gasteiger charge is 2.36. The first-order valence-corrected chi connectivity index (χ1v) is 14.3. The molecule has 1 aliphatic carbocycles. The topological polar surface area (TPSA) is 59.0 Å². The normalized spacial score (nSPS) is 15.3. The van der Waals surface area contributed by atoms with E-state index in [4.69, 9.17) is 0 Å². The summed E-state index contributed by atoms with van der Waals surface area (Å²) in [5.74, 6) is -0.667. The Bertz CT molecular complexity index is 1460. The summed E-state index contributed by atoms with van der Waals surface area (Å²) in [5, 5.41) is 10.4. The molecule has 0 aliphatic heterocycles. The number of nitrogens with zero attached hydrogens (tertiary/aromatic N) is 2. The third-order valence-electron chi connectivity index (χ3n) is 7.66. The van der Waals surface area contributed by atoms with Crippen LogP contribution in [0.4, 0.5) is 18.9 Å². The zero-order chi connectivity index (χ0) is 28.8. The zero-order valence-electron chi connectivity index (χ0n) is 23.1. The molecule has 1 heterocycles. The molecule has 8 heteroatoms. The number of alkyl halides is 3. The fraction of sp³-hybridized carbons (Fsp3) is 0.333. The molecular formula is C33H35F3N4O. The van der Waals surface area contributed by atoms with Crippen LogP contribution >= 0.6 is 0 Å². The maximum Gasteiger partial charge on any atom is 0.435 e. The molecule has 41 heavy (non-hydrogen) atoms. The third-order valence-corrected chi connectivity index (χ3v) is 7.66. The number of benzene rings is 3. The van der Waals surface area contributed by atoms with Crippen molar-refractivity contribution in [1.29, 1.82) is 0 Å². The van der Waals surface area contributed by atoms with Crippen molar-refractivity contribution in [2.75, 3.05) is 5.32 Å². The predicted molar refractivity (Wildman–Crippen MR) is 155 cm³/mol. The standard InChI is InChI=1S/C33H35F3N4O/c1-2-23-12-10-19-28(20-23)40-29(22-30(39-40)33(34,35)36)32(41)38-27-18-11-15-25(21-27)31(24-13-6-5-7-14-24)37-26-16-8-3-4-9-17-26/h5-7,10-15,18-22,26,31,37H,2-4,8-9,16-17H2,1H3,(H,38,41). The van der Waals surface area contributed by atoms with Crippen molar-refractivity contribution in [3.05, 3.63) is 113 Å². The minimum Gasteiger partial charge on any atom is -0.321 e. The summed E-state index contributed by atoms with van der Waals surface area (Å²) in [7, 11) is 0. The molecular weight excluding hydrogens is 525 g/mol. The van der Waals surface area contributed by atoms with Gasteiger partial charge in [0.2, 0.25) is 0 Å². The van der Waals surface area contributed by atoms with Crippen molar-refractivity contribution in [2.45, 2.75) is 70.1 Å². The predicted octanol–water partition coefficient (Wildman–Crippen LogP) is 8.11. The van der Waals surface area contributed by atoms with Gasteiger partial charge >= 0.3 is 6.18 Å². The zero-order valence-corrected chi connectivity index (χ0v) is 23.1. The Hall–Kier alpha value is -3.91. The number of amides is 1. The Morgan fingerprint density at radius 2 is 1.61 bits per heavy atom. The highest BCUT2D eigenvalue weighted by molar-refractivity contribution is 6.03. The minimum atomic E-state index is -4.69. The maximum absolute atomic E-state index is 13.6. The lowest BCUT2D eigenvalue weighted by Crippen LogP contribution is -2.33. The molecule has 1 fully saturated rings. The fourth-order valence-corrected chi connectivity index (χ4v) is 5.49. The molecule has 0 radical (unpaired) electrons. The molecule has 5 nitrogen and oxygen atoms in total. The summed E-state index contributed by atoms with van der Waals surface area (Å²) in [4.78, 5) is 13.5. The van der Waals surface area contributed by atoms with Gasteiger partial charge in [-0.05, 0) is 60.2 Å². The molecule has 5 rings (SSSR count). The van der Waals surface area contributed by atoms with E-state index in [1.807, 2.05) is 49.4 Å². The average Bonchev–Trinajstić information content (AvgIpc) is 3.29. The largest absolute Gasteiger partial charge is 0.435 e. The first-order valence-electron chi connectivity index (χ1n) is 14.3. The van der Waals surface area contributed by atoms with Crippen LogP contribution in [0.5, 0.6) is 0 Å². The summed E-state index contributed by atoms with van der Waals surface area (Å²) in [5.41, 5.74) is 2.61. The fourth-order valence-electron chi connectivity index (χ4n) is 5.49. The molecule has 2 N–H and O–H groups in total. The van der Waals surface area contributed by atoms with Gasteiger partial charge in [-0.2, -0.15) is 18.3 Å². The maximum atomic E-state index is 13.6. The average molecular weight is 561 g/mol. The Morgan fingerprint density at radius 1 is 0.902 bits per heavy atom. The van der Waals surface area contributed by atoms with Gasteiger partial charge in [-0.25, -0.2) is 4.68 Å². The van der Waals surface area contributed by atoms with Gasteiger partial charge in [-0.3, -0.25) is 4.79 Å². The van der Waals surface area contributed by atoms with Crippen molar-refractivity contribution >= 4 is 11.6 Å². The highest BCUT2D eigenvalue weighted by atomic mass is 19.4. The Morgan fingerprint density at radius 3 is 2.32 bits per heavy atom. The van der Waals surface area contributed by atoms with Gasteiger partial charge in [-0.15, -0.1) is 0 Å². The summed E-state index contributed by atoms with van der Waals surface area (Å²) in [6.07, 6.45) is 3.15. The second-order valence-electron chi connectivity index (χ2n) is 10.6. The lowest BCUT2D eigenvalue weighted by molar-refractivity contribution is -0.141. The van der Waals surface area contributed by atoms with Crippen molar-refractivity contribution in [1.82, 2.24) is 15.1 Å². The van der Waals surface area contributed by atoms with E-state index < -0.39 is 17.8 Å². The molecule has 1 unspecified atom stereocenters. The van der Waals surface area contributed by atoms with E-state index in [9.17, 15) is 18.0 Å². The van der Waals surface area contributed by atoms with E-state index in [1.165, 1.54) is 25.7 Å². The van der Waals surface area contributed by atoms with E-state index in [0.29, 0.717) is 23.8 Å². The molecule has 4 aromatic rings. The number of hydrogen-bond acceptors (Lipinski definition) is 3. The van der Waals surface area contributed by atoms with Crippen LogP contribution < -0.4 is 10.6 Å². The Kier molecular flexibility index (Phi) is 8.88. The van der Waals surface area contributed by atoms with Gasteiger partial charge in [0, 0.05) is 17.8 Å². The molecule has 1 atom stereocenters. The highest BCUT2D eigenvalue weighted by Crippen LogP contribution is 2.31. The van der Waals surface area contributed by atoms with Crippen molar-refractivity contribution in [2.24, 2.45) is 0 Å². The van der Waals surface area contributed by atoms with Crippen LogP contribution in [0.2, 0.25) is 0 Å². The molecule has 214 valence electrons. The summed E-state index contributed by atoms with van der Waals surface area (Å²) in [6.45, 7) is 1.96. The molecule has 0 spiro atoms. The van der Waals surface area contributed by atoms with Crippen LogP contribution in [0.1, 0.15) is 84.4 Å². The minimum absolute atomic E-state index is 0.0877. The van der Waals surface area contributed by atoms with Crippen molar-refractivity contribution < 1.29 is 18.0 Å². The molecule has 0 bridgehead atoms. The number of aryl methyl sites for hydroxylation is 1. The van der Waals surface area contributed by atoms with Gasteiger partial charge in [-0.1, -0.05) is 87.2 Å². The number of carbonyl (C=O) groups is 1. The van der Waals surface area contributed by atoms with Crippen LogP contribution in [0.25, 0.3) is 5.69 Å². The number of halogens is 3. The molecule has 3 aromatic carbocycles. The van der Waals surface area contributed by atoms with E-state index >= 15 is 0 Å². The number of rotatable bonds is 8. The second-order valence-corrected chi connectivity index (χ2v) is 10.6. The smallest absolute Gasteiger partial charge is 0.321 e. The first-order chi connectivity index (χ1) is 19.8. The quantitative estimate of drug-likeness (QED) is 0.214. The molecule has 1 amide bonds. The van der Waals surface area contributed by atoms with Crippen LogP contribution in [0, 0.1) is 0 Å². The van der Waals surface area contributed by atoms with Crippen LogP contribution in [-0.2, 0) is 12.6 Å². The van der Waals surface area contributed by atoms with E-state index in [0.717, 1.165) is 40.3 Å². The van der Waals surface area contributed by atoms with Gasteiger partial charge in [0.25, 0.3) is 5.91 Å². The summed E-state index contributed by atoms with van der Waals surface area (Å²) < 4.78 is 42.0. The van der Waals surface area contributed by atoms with E-state index in [2.05, 4.69) is 27.9 Å². The second kappa shape index (κ2) is 12.7. The van der Waals surface area contributed by atoms with Gasteiger partial charge in [0.1, 0.15) is 5.69 Å².